The van der Waals surface area contributed by atoms with Gasteiger partial charge in [0.05, 0.1) is 11.9 Å². The van der Waals surface area contributed by atoms with Crippen LogP contribution in [0, 0.1) is 0 Å². The Morgan fingerprint density at radius 1 is 1.59 bits per heavy atom. The molecule has 0 aliphatic heterocycles. The predicted molar refractivity (Wildman–Crippen MR) is 74.4 cm³/mol. The minimum Gasteiger partial charge on any atom is -0.382 e. The smallest absolute Gasteiger partial charge is 0.283 e. The fourth-order valence-corrected chi connectivity index (χ4v) is 1.86. The van der Waals surface area contributed by atoms with Crippen LogP contribution >= 0.6 is 15.9 Å². The maximum absolute atomic E-state index is 11.9. The van der Waals surface area contributed by atoms with E-state index in [4.69, 9.17) is 0 Å². The molecule has 1 aromatic heterocycles. The van der Waals surface area contributed by atoms with Gasteiger partial charge in [0.2, 0.25) is 0 Å². The summed E-state index contributed by atoms with van der Waals surface area (Å²) >= 11 is 3.32. The summed E-state index contributed by atoms with van der Waals surface area (Å²) in [5.41, 5.74) is 0.676. The van der Waals surface area contributed by atoms with Crippen molar-refractivity contribution in [3.05, 3.63) is 33.2 Å². The first-order valence-corrected chi connectivity index (χ1v) is 6.60. The first kappa shape index (κ1) is 14.0. The van der Waals surface area contributed by atoms with Crippen LogP contribution in [-0.2, 0) is 6.54 Å². The number of aryl methyl sites for hydroxylation is 1. The second-order valence-electron chi connectivity index (χ2n) is 3.69. The van der Waals surface area contributed by atoms with E-state index in [1.54, 1.807) is 6.20 Å². The molecule has 1 heterocycles. The minimum absolute atomic E-state index is 0.0807. The Kier molecular flexibility index (Phi) is 5.97. The quantitative estimate of drug-likeness (QED) is 0.649. The van der Waals surface area contributed by atoms with Crippen LogP contribution in [0.15, 0.2) is 27.6 Å². The van der Waals surface area contributed by atoms with Crippen LogP contribution < -0.4 is 10.9 Å². The summed E-state index contributed by atoms with van der Waals surface area (Å²) in [6.45, 7) is 5.45. The summed E-state index contributed by atoms with van der Waals surface area (Å²) in [5, 5.41) is 7.31. The van der Waals surface area contributed by atoms with E-state index < -0.39 is 0 Å². The Hall–Kier alpha value is -1.10. The molecule has 4 nitrogen and oxygen atoms in total. The molecule has 94 valence electrons. The molecule has 0 amide bonds. The number of aromatic nitrogens is 2. The Morgan fingerprint density at radius 3 is 3.00 bits per heavy atom. The van der Waals surface area contributed by atoms with Gasteiger partial charge >= 0.3 is 0 Å². The number of allylic oxidation sites excluding steroid dienone is 1. The highest BCUT2D eigenvalue weighted by molar-refractivity contribution is 9.10. The van der Waals surface area contributed by atoms with Crippen molar-refractivity contribution >= 4 is 21.6 Å². The Labute approximate surface area is 110 Å². The fraction of sp³-hybridized carbons (Fsp3) is 0.500. The lowest BCUT2D eigenvalue weighted by atomic mass is 10.3. The molecule has 0 aromatic carbocycles. The molecule has 0 atom stereocenters. The van der Waals surface area contributed by atoms with Gasteiger partial charge in [0.15, 0.2) is 0 Å². The number of nitrogens with zero attached hydrogens (tertiary/aromatic N) is 2. The summed E-state index contributed by atoms with van der Waals surface area (Å²) < 4.78 is 2.03. The zero-order chi connectivity index (χ0) is 12.7. The van der Waals surface area contributed by atoms with Crippen LogP contribution in [0.5, 0.6) is 0 Å². The number of hydrogen-bond acceptors (Lipinski definition) is 3. The molecule has 0 saturated heterocycles. The van der Waals surface area contributed by atoms with Crippen molar-refractivity contribution < 1.29 is 0 Å². The number of nitrogens with one attached hydrogen (secondary N) is 1. The molecule has 5 heteroatoms. The highest BCUT2D eigenvalue weighted by Gasteiger charge is 2.07. The number of rotatable bonds is 6. The zero-order valence-electron chi connectivity index (χ0n) is 10.2. The van der Waals surface area contributed by atoms with Crippen LogP contribution in [0.1, 0.15) is 26.7 Å². The Morgan fingerprint density at radius 2 is 2.35 bits per heavy atom. The van der Waals surface area contributed by atoms with E-state index in [2.05, 4.69) is 32.4 Å². The highest BCUT2D eigenvalue weighted by Crippen LogP contribution is 2.15. The molecule has 0 unspecified atom stereocenters. The monoisotopic (exact) mass is 299 g/mol. The lowest BCUT2D eigenvalue weighted by Gasteiger charge is -2.09. The number of hydrogen-bond donors (Lipinski definition) is 1. The molecule has 0 bridgehead atoms. The van der Waals surface area contributed by atoms with Crippen molar-refractivity contribution in [3.8, 4) is 0 Å². The van der Waals surface area contributed by atoms with Crippen molar-refractivity contribution in [1.82, 2.24) is 9.78 Å². The van der Waals surface area contributed by atoms with Gasteiger partial charge < -0.3 is 5.32 Å². The van der Waals surface area contributed by atoms with Gasteiger partial charge in [0.1, 0.15) is 4.47 Å². The van der Waals surface area contributed by atoms with Crippen molar-refractivity contribution in [3.63, 3.8) is 0 Å². The largest absolute Gasteiger partial charge is 0.382 e. The predicted octanol–water partition coefficient (Wildman–Crippen LogP) is 2.79. The van der Waals surface area contributed by atoms with Gasteiger partial charge in [-0.2, -0.15) is 5.10 Å². The topological polar surface area (TPSA) is 46.9 Å². The lowest BCUT2D eigenvalue weighted by Crippen LogP contribution is -2.24. The Balaban J connectivity index is 2.74. The average molecular weight is 300 g/mol. The normalized spacial score (nSPS) is 11.0. The van der Waals surface area contributed by atoms with E-state index in [1.807, 2.05) is 19.9 Å². The molecule has 1 N–H and O–H groups in total. The van der Waals surface area contributed by atoms with Crippen molar-refractivity contribution in [2.45, 2.75) is 33.2 Å². The van der Waals surface area contributed by atoms with Crippen LogP contribution in [0.2, 0.25) is 0 Å². The third-order valence-electron chi connectivity index (χ3n) is 2.28. The van der Waals surface area contributed by atoms with Crippen molar-refractivity contribution in [1.29, 1.82) is 0 Å². The molecular formula is C12H18BrN3O. The average Bonchev–Trinajstić information content (AvgIpc) is 2.33. The summed E-state index contributed by atoms with van der Waals surface area (Å²) in [5.74, 6) is 0. The highest BCUT2D eigenvalue weighted by atomic mass is 79.9. The van der Waals surface area contributed by atoms with Gasteiger partial charge in [-0.25, -0.2) is 4.68 Å². The van der Waals surface area contributed by atoms with E-state index in [9.17, 15) is 4.79 Å². The van der Waals surface area contributed by atoms with E-state index >= 15 is 0 Å². The lowest BCUT2D eigenvalue weighted by molar-refractivity contribution is 0.566. The minimum atomic E-state index is -0.0807. The second-order valence-corrected chi connectivity index (χ2v) is 4.48. The van der Waals surface area contributed by atoms with Crippen LogP contribution in [0.4, 0.5) is 5.69 Å². The molecule has 17 heavy (non-hydrogen) atoms. The molecule has 0 fully saturated rings. The molecule has 0 aliphatic carbocycles. The van der Waals surface area contributed by atoms with Gasteiger partial charge in [0.25, 0.3) is 5.56 Å². The van der Waals surface area contributed by atoms with E-state index in [0.717, 1.165) is 25.1 Å². The van der Waals surface area contributed by atoms with Crippen molar-refractivity contribution in [2.24, 2.45) is 0 Å². The maximum Gasteiger partial charge on any atom is 0.283 e. The van der Waals surface area contributed by atoms with Gasteiger partial charge in [-0.05, 0) is 35.7 Å². The van der Waals surface area contributed by atoms with Crippen LogP contribution in [-0.4, -0.2) is 16.3 Å². The standard InChI is InChI=1S/C12H18BrN3O/c1-3-5-6-7-14-10-9-15-16(8-4-2)12(17)11(10)13/h3,5,9,14H,4,6-8H2,1-2H3/b5-3+. The van der Waals surface area contributed by atoms with E-state index in [-0.39, 0.29) is 5.56 Å². The molecule has 0 aliphatic rings. The van der Waals surface area contributed by atoms with Gasteiger partial charge in [-0.1, -0.05) is 19.1 Å². The molecular weight excluding hydrogens is 282 g/mol. The van der Waals surface area contributed by atoms with Gasteiger partial charge in [-0.15, -0.1) is 0 Å². The van der Waals surface area contributed by atoms with Gasteiger partial charge in [-0.3, -0.25) is 4.79 Å². The summed E-state index contributed by atoms with van der Waals surface area (Å²) in [6, 6.07) is 0. The molecule has 1 rings (SSSR count). The third kappa shape index (κ3) is 4.00. The molecule has 0 saturated carbocycles. The van der Waals surface area contributed by atoms with Crippen molar-refractivity contribution in [2.75, 3.05) is 11.9 Å². The summed E-state index contributed by atoms with van der Waals surface area (Å²) in [7, 11) is 0. The summed E-state index contributed by atoms with van der Waals surface area (Å²) in [4.78, 5) is 11.9. The number of anilines is 1. The maximum atomic E-state index is 11.9. The van der Waals surface area contributed by atoms with Gasteiger partial charge in [0, 0.05) is 13.1 Å². The summed E-state index contributed by atoms with van der Waals surface area (Å²) in [6.07, 6.45) is 7.60. The van der Waals surface area contributed by atoms with E-state index in [0.29, 0.717) is 11.0 Å². The van der Waals surface area contributed by atoms with Crippen LogP contribution in [0.3, 0.4) is 0 Å². The first-order chi connectivity index (χ1) is 8.20. The zero-order valence-corrected chi connectivity index (χ0v) is 11.8. The molecule has 0 spiro atoms. The Bertz CT molecular complexity index is 440. The van der Waals surface area contributed by atoms with E-state index in [1.165, 1.54) is 4.68 Å². The molecule has 1 aromatic rings. The third-order valence-corrected chi connectivity index (χ3v) is 3.05. The number of halogens is 1. The van der Waals surface area contributed by atoms with Crippen LogP contribution in [0.25, 0.3) is 0 Å². The SMILES string of the molecule is C/C=C/CCNc1cnn(CCC)c(=O)c1Br. The second kappa shape index (κ2) is 7.27. The first-order valence-electron chi connectivity index (χ1n) is 5.81. The molecule has 0 radical (unpaired) electrons. The fourth-order valence-electron chi connectivity index (χ4n) is 1.42.